The normalized spacial score (nSPS) is 20.9. The molecule has 2 nitrogen and oxygen atoms in total. The van der Waals surface area contributed by atoms with Crippen LogP contribution in [-0.4, -0.2) is 14.2 Å². The molecular formula is C25H25O2. The molecule has 0 fully saturated rings. The number of fused-ring (bicyclic) bond motifs is 1. The second-order valence-corrected chi connectivity index (χ2v) is 7.12. The Morgan fingerprint density at radius 2 is 1.37 bits per heavy atom. The molecule has 0 heterocycles. The zero-order valence-electron chi connectivity index (χ0n) is 16.1. The van der Waals surface area contributed by atoms with Crippen LogP contribution in [0.4, 0.5) is 0 Å². The fourth-order valence-electron chi connectivity index (χ4n) is 4.60. The largest absolute Gasteiger partial charge is 0.497 e. The van der Waals surface area contributed by atoms with Crippen LogP contribution in [0.2, 0.25) is 0 Å². The summed E-state index contributed by atoms with van der Waals surface area (Å²) >= 11 is 0. The molecule has 1 aliphatic rings. The Bertz CT molecular complexity index is 896. The highest BCUT2D eigenvalue weighted by atomic mass is 16.5. The smallest absolute Gasteiger partial charge is 0.118 e. The zero-order valence-corrected chi connectivity index (χ0v) is 16.1. The first-order valence-electron chi connectivity index (χ1n) is 9.54. The Hall–Kier alpha value is -2.74. The van der Waals surface area contributed by atoms with Crippen molar-refractivity contribution < 1.29 is 9.47 Å². The quantitative estimate of drug-likeness (QED) is 0.564. The summed E-state index contributed by atoms with van der Waals surface area (Å²) in [6.45, 7) is 2.29. The van der Waals surface area contributed by atoms with E-state index in [2.05, 4.69) is 73.7 Å². The molecule has 27 heavy (non-hydrogen) atoms. The molecule has 0 aromatic heterocycles. The highest BCUT2D eigenvalue weighted by Crippen LogP contribution is 2.56. The van der Waals surface area contributed by atoms with Crippen LogP contribution in [-0.2, 0) is 0 Å². The molecule has 3 unspecified atom stereocenters. The molecule has 3 aromatic rings. The van der Waals surface area contributed by atoms with Crippen LogP contribution in [0.15, 0.2) is 66.7 Å². The van der Waals surface area contributed by atoms with Crippen molar-refractivity contribution in [3.05, 3.63) is 95.1 Å². The van der Waals surface area contributed by atoms with Crippen molar-refractivity contribution in [1.29, 1.82) is 0 Å². The molecule has 0 amide bonds. The van der Waals surface area contributed by atoms with E-state index in [1.807, 2.05) is 6.07 Å². The first-order valence-corrected chi connectivity index (χ1v) is 9.54. The lowest BCUT2D eigenvalue weighted by Crippen LogP contribution is -2.11. The van der Waals surface area contributed by atoms with Crippen LogP contribution in [0.5, 0.6) is 11.5 Å². The topological polar surface area (TPSA) is 18.5 Å². The lowest BCUT2D eigenvalue weighted by atomic mass is 9.77. The van der Waals surface area contributed by atoms with Crippen molar-refractivity contribution in [3.63, 3.8) is 0 Å². The Morgan fingerprint density at radius 1 is 0.778 bits per heavy atom. The molecule has 0 spiro atoms. The predicted molar refractivity (Wildman–Crippen MR) is 109 cm³/mol. The molecule has 0 aliphatic heterocycles. The molecule has 4 rings (SSSR count). The predicted octanol–water partition coefficient (Wildman–Crippen LogP) is 5.93. The summed E-state index contributed by atoms with van der Waals surface area (Å²) in [5, 5.41) is 0. The second kappa shape index (κ2) is 7.48. The van der Waals surface area contributed by atoms with Crippen LogP contribution in [0.1, 0.15) is 53.4 Å². The third kappa shape index (κ3) is 3.10. The number of rotatable bonds is 5. The maximum absolute atomic E-state index is 5.36. The fourth-order valence-corrected chi connectivity index (χ4v) is 4.60. The molecule has 137 valence electrons. The van der Waals surface area contributed by atoms with Gasteiger partial charge in [0, 0.05) is 11.8 Å². The van der Waals surface area contributed by atoms with Crippen molar-refractivity contribution in [2.75, 3.05) is 14.2 Å². The number of benzene rings is 3. The van der Waals surface area contributed by atoms with Crippen LogP contribution in [0, 0.1) is 6.07 Å². The summed E-state index contributed by atoms with van der Waals surface area (Å²) in [4.78, 5) is 0. The molecule has 2 heteroatoms. The SMILES string of the molecule is CCC1c2cc[c]cc2C(c2ccc(OC)cc2)C1c1ccc(OC)cc1. The third-order valence-electron chi connectivity index (χ3n) is 5.87. The molecule has 0 saturated carbocycles. The van der Waals surface area contributed by atoms with Crippen molar-refractivity contribution in [2.24, 2.45) is 0 Å². The first kappa shape index (κ1) is 17.7. The van der Waals surface area contributed by atoms with Gasteiger partial charge in [-0.2, -0.15) is 0 Å². The summed E-state index contributed by atoms with van der Waals surface area (Å²) in [5.74, 6) is 3.01. The van der Waals surface area contributed by atoms with E-state index in [9.17, 15) is 0 Å². The number of hydrogen-bond donors (Lipinski definition) is 0. The van der Waals surface area contributed by atoms with Gasteiger partial charge in [-0.1, -0.05) is 49.4 Å². The van der Waals surface area contributed by atoms with E-state index in [0.29, 0.717) is 17.8 Å². The molecule has 0 N–H and O–H groups in total. The van der Waals surface area contributed by atoms with Crippen molar-refractivity contribution >= 4 is 0 Å². The Morgan fingerprint density at radius 3 is 1.93 bits per heavy atom. The van der Waals surface area contributed by atoms with Crippen LogP contribution < -0.4 is 9.47 Å². The van der Waals surface area contributed by atoms with Gasteiger partial charge in [-0.25, -0.2) is 0 Å². The van der Waals surface area contributed by atoms with Gasteiger partial charge in [-0.15, -0.1) is 0 Å². The molecule has 1 radical (unpaired) electrons. The Labute approximate surface area is 161 Å². The number of ether oxygens (including phenoxy) is 2. The van der Waals surface area contributed by atoms with Crippen LogP contribution in [0.3, 0.4) is 0 Å². The molecule has 3 atom stereocenters. The second-order valence-electron chi connectivity index (χ2n) is 7.12. The van der Waals surface area contributed by atoms with Gasteiger partial charge >= 0.3 is 0 Å². The standard InChI is InChI=1S/C25H25O2/c1-4-21-22-7-5-6-8-23(22)25(18-11-15-20(27-3)16-12-18)24(21)17-9-13-19(26-2)14-10-17/h5,7-16,21,24-25H,4H2,1-3H3. The Balaban J connectivity index is 1.84. The van der Waals surface area contributed by atoms with Crippen LogP contribution in [0.25, 0.3) is 0 Å². The molecule has 0 bridgehead atoms. The molecule has 1 aliphatic carbocycles. The minimum Gasteiger partial charge on any atom is -0.497 e. The van der Waals surface area contributed by atoms with E-state index < -0.39 is 0 Å². The van der Waals surface area contributed by atoms with Crippen molar-refractivity contribution in [1.82, 2.24) is 0 Å². The lowest BCUT2D eigenvalue weighted by Gasteiger charge is -2.26. The number of hydrogen-bond acceptors (Lipinski definition) is 2. The summed E-state index contributed by atoms with van der Waals surface area (Å²) < 4.78 is 10.7. The van der Waals surface area contributed by atoms with E-state index in [4.69, 9.17) is 9.47 Å². The third-order valence-corrected chi connectivity index (χ3v) is 5.87. The Kier molecular flexibility index (Phi) is 4.89. The van der Waals surface area contributed by atoms with E-state index in [0.717, 1.165) is 17.9 Å². The summed E-state index contributed by atoms with van der Waals surface area (Å²) in [5.41, 5.74) is 5.54. The van der Waals surface area contributed by atoms with Crippen molar-refractivity contribution in [2.45, 2.75) is 31.1 Å². The molecule has 0 saturated heterocycles. The molecular weight excluding hydrogens is 332 g/mol. The maximum Gasteiger partial charge on any atom is 0.118 e. The zero-order chi connectivity index (χ0) is 18.8. The monoisotopic (exact) mass is 357 g/mol. The summed E-state index contributed by atoms with van der Waals surface area (Å²) in [7, 11) is 3.42. The lowest BCUT2D eigenvalue weighted by molar-refractivity contribution is 0.413. The van der Waals surface area contributed by atoms with Gasteiger partial charge in [-0.05, 0) is 64.9 Å². The first-order chi connectivity index (χ1) is 13.3. The van der Waals surface area contributed by atoms with Gasteiger partial charge in [0.05, 0.1) is 14.2 Å². The average Bonchev–Trinajstić information content (AvgIpc) is 3.08. The van der Waals surface area contributed by atoms with E-state index in [1.54, 1.807) is 14.2 Å². The fraction of sp³-hybridized carbons (Fsp3) is 0.280. The van der Waals surface area contributed by atoms with E-state index >= 15 is 0 Å². The van der Waals surface area contributed by atoms with E-state index in [1.165, 1.54) is 22.3 Å². The maximum atomic E-state index is 5.36. The van der Waals surface area contributed by atoms with Gasteiger partial charge < -0.3 is 9.47 Å². The molecule has 3 aromatic carbocycles. The van der Waals surface area contributed by atoms with Crippen LogP contribution >= 0.6 is 0 Å². The minimum absolute atomic E-state index is 0.321. The van der Waals surface area contributed by atoms with Gasteiger partial charge in [-0.3, -0.25) is 0 Å². The van der Waals surface area contributed by atoms with Crippen molar-refractivity contribution in [3.8, 4) is 11.5 Å². The summed E-state index contributed by atoms with van der Waals surface area (Å²) in [6.07, 6.45) is 1.11. The van der Waals surface area contributed by atoms with Gasteiger partial charge in [0.25, 0.3) is 0 Å². The summed E-state index contributed by atoms with van der Waals surface area (Å²) in [6, 6.07) is 26.9. The number of methoxy groups -OCH3 is 2. The average molecular weight is 357 g/mol. The van der Waals surface area contributed by atoms with Gasteiger partial charge in [0.15, 0.2) is 0 Å². The minimum atomic E-state index is 0.321. The highest BCUT2D eigenvalue weighted by molar-refractivity contribution is 5.51. The highest BCUT2D eigenvalue weighted by Gasteiger charge is 2.41. The van der Waals surface area contributed by atoms with E-state index in [-0.39, 0.29) is 0 Å². The van der Waals surface area contributed by atoms with Gasteiger partial charge in [0.2, 0.25) is 0 Å². The van der Waals surface area contributed by atoms with Gasteiger partial charge in [0.1, 0.15) is 11.5 Å².